The third-order valence-electron chi connectivity index (χ3n) is 6.69. The Labute approximate surface area is 185 Å². The number of allylic oxidation sites excluding steroid dienone is 2. The highest BCUT2D eigenvalue weighted by molar-refractivity contribution is 6.34. The zero-order valence-electron chi connectivity index (χ0n) is 16.8. The predicted molar refractivity (Wildman–Crippen MR) is 132 cm³/mol. The van der Waals surface area contributed by atoms with Crippen molar-refractivity contribution < 1.29 is 0 Å². The summed E-state index contributed by atoms with van der Waals surface area (Å²) in [7, 11) is 0. The second kappa shape index (κ2) is 6.26. The van der Waals surface area contributed by atoms with Gasteiger partial charge in [-0.3, -0.25) is 0 Å². The number of hydrogen-bond acceptors (Lipinski definition) is 1. The van der Waals surface area contributed by atoms with Gasteiger partial charge in [-0.25, -0.2) is 0 Å². The van der Waals surface area contributed by atoms with Crippen LogP contribution in [0.4, 0.5) is 5.69 Å². The Morgan fingerprint density at radius 1 is 0.839 bits per heavy atom. The molecule has 4 aromatic carbocycles. The van der Waals surface area contributed by atoms with Gasteiger partial charge in [-0.15, -0.1) is 0 Å². The molecule has 0 spiro atoms. The van der Waals surface area contributed by atoms with E-state index in [4.69, 9.17) is 11.6 Å². The van der Waals surface area contributed by atoms with Gasteiger partial charge in [-0.1, -0.05) is 78.4 Å². The molecule has 1 aromatic heterocycles. The second-order valence-corrected chi connectivity index (χ2v) is 8.74. The van der Waals surface area contributed by atoms with E-state index in [1.807, 2.05) is 6.07 Å². The van der Waals surface area contributed by atoms with E-state index in [1.54, 1.807) is 0 Å². The summed E-state index contributed by atoms with van der Waals surface area (Å²) in [5, 5.41) is 9.40. The lowest BCUT2D eigenvalue weighted by Crippen LogP contribution is -2.14. The van der Waals surface area contributed by atoms with Crippen molar-refractivity contribution in [3.05, 3.63) is 102 Å². The summed E-state index contributed by atoms with van der Waals surface area (Å²) in [4.78, 5) is 0. The first kappa shape index (κ1) is 17.2. The molecule has 0 saturated heterocycles. The molecule has 7 rings (SSSR count). The molecular weight excluding hydrogens is 400 g/mol. The molecular formula is C28H19ClN2. The van der Waals surface area contributed by atoms with E-state index in [1.165, 1.54) is 44.0 Å². The molecule has 148 valence electrons. The average molecular weight is 419 g/mol. The van der Waals surface area contributed by atoms with Crippen LogP contribution in [0.25, 0.3) is 43.8 Å². The Hall–Kier alpha value is -3.49. The molecule has 1 unspecified atom stereocenters. The van der Waals surface area contributed by atoms with Gasteiger partial charge < -0.3 is 9.88 Å². The van der Waals surface area contributed by atoms with Gasteiger partial charge in [-0.2, -0.15) is 0 Å². The maximum absolute atomic E-state index is 6.87. The lowest BCUT2D eigenvalue weighted by molar-refractivity contribution is 0.928. The molecule has 0 bridgehead atoms. The zero-order chi connectivity index (χ0) is 20.5. The number of rotatable bonds is 1. The molecule has 0 fully saturated rings. The minimum Gasteiger partial charge on any atom is -0.377 e. The number of benzene rings is 4. The molecule has 2 heterocycles. The Bertz CT molecular complexity index is 1600. The molecule has 5 aromatic rings. The van der Waals surface area contributed by atoms with Crippen LogP contribution in [-0.2, 0) is 0 Å². The highest BCUT2D eigenvalue weighted by Crippen LogP contribution is 2.47. The SMILES string of the molecule is Clc1ccc2ccccc2c1-n1c2ccccc2c2c3c(ccc21)NC1CC=CC=C31. The minimum atomic E-state index is 0.355. The summed E-state index contributed by atoms with van der Waals surface area (Å²) in [6.45, 7) is 0. The molecule has 0 saturated carbocycles. The van der Waals surface area contributed by atoms with Crippen LogP contribution in [0.2, 0.25) is 5.02 Å². The Morgan fingerprint density at radius 2 is 1.68 bits per heavy atom. The average Bonchev–Trinajstić information content (AvgIpc) is 3.35. The lowest BCUT2D eigenvalue weighted by Gasteiger charge is -2.14. The first-order valence-electron chi connectivity index (χ1n) is 10.7. The van der Waals surface area contributed by atoms with Crippen molar-refractivity contribution in [2.45, 2.75) is 12.5 Å². The second-order valence-electron chi connectivity index (χ2n) is 8.33. The van der Waals surface area contributed by atoms with Crippen molar-refractivity contribution in [3.63, 3.8) is 0 Å². The molecule has 2 aliphatic rings. The summed E-state index contributed by atoms with van der Waals surface area (Å²) >= 11 is 6.87. The van der Waals surface area contributed by atoms with Gasteiger partial charge in [-0.05, 0) is 41.6 Å². The molecule has 3 heteroatoms. The Morgan fingerprint density at radius 3 is 2.61 bits per heavy atom. The lowest BCUT2D eigenvalue weighted by atomic mass is 9.93. The van der Waals surface area contributed by atoms with Crippen LogP contribution in [0, 0.1) is 0 Å². The van der Waals surface area contributed by atoms with E-state index in [2.05, 4.69) is 94.8 Å². The predicted octanol–water partition coefficient (Wildman–Crippen LogP) is 7.73. The smallest absolute Gasteiger partial charge is 0.0726 e. The van der Waals surface area contributed by atoms with Crippen LogP contribution in [-0.4, -0.2) is 10.6 Å². The zero-order valence-corrected chi connectivity index (χ0v) is 17.5. The van der Waals surface area contributed by atoms with Crippen molar-refractivity contribution in [3.8, 4) is 5.69 Å². The Kier molecular flexibility index (Phi) is 3.47. The number of nitrogens with zero attached hydrogens (tertiary/aromatic N) is 1. The number of aromatic nitrogens is 1. The van der Waals surface area contributed by atoms with E-state index < -0.39 is 0 Å². The molecule has 1 atom stereocenters. The third-order valence-corrected chi connectivity index (χ3v) is 7.00. The van der Waals surface area contributed by atoms with E-state index in [0.717, 1.165) is 22.5 Å². The van der Waals surface area contributed by atoms with Gasteiger partial charge in [0.2, 0.25) is 0 Å². The van der Waals surface area contributed by atoms with Gasteiger partial charge >= 0.3 is 0 Å². The molecule has 31 heavy (non-hydrogen) atoms. The van der Waals surface area contributed by atoms with Gasteiger partial charge in [0.15, 0.2) is 0 Å². The number of hydrogen-bond donors (Lipinski definition) is 1. The minimum absolute atomic E-state index is 0.355. The van der Waals surface area contributed by atoms with Gasteiger partial charge in [0, 0.05) is 27.4 Å². The van der Waals surface area contributed by atoms with Crippen molar-refractivity contribution in [2.24, 2.45) is 0 Å². The van der Waals surface area contributed by atoms with Crippen LogP contribution in [0.15, 0.2) is 91.0 Å². The first-order chi connectivity index (χ1) is 15.3. The van der Waals surface area contributed by atoms with Crippen LogP contribution < -0.4 is 5.32 Å². The quantitative estimate of drug-likeness (QED) is 0.294. The Balaban J connectivity index is 1.68. The number of halogens is 1. The van der Waals surface area contributed by atoms with Crippen LogP contribution in [0.1, 0.15) is 12.0 Å². The molecule has 0 amide bonds. The summed E-state index contributed by atoms with van der Waals surface area (Å²) in [6, 6.07) is 26.1. The van der Waals surface area contributed by atoms with E-state index in [0.29, 0.717) is 6.04 Å². The summed E-state index contributed by atoms with van der Waals surface area (Å²) in [5.74, 6) is 0. The number of nitrogens with one attached hydrogen (secondary N) is 1. The molecule has 1 aliphatic carbocycles. The third kappa shape index (κ3) is 2.28. The van der Waals surface area contributed by atoms with Crippen LogP contribution in [0.5, 0.6) is 0 Å². The van der Waals surface area contributed by atoms with E-state index in [-0.39, 0.29) is 0 Å². The number of anilines is 1. The van der Waals surface area contributed by atoms with Crippen molar-refractivity contribution in [2.75, 3.05) is 5.32 Å². The number of fused-ring (bicyclic) bond motifs is 8. The maximum atomic E-state index is 6.87. The van der Waals surface area contributed by atoms with E-state index in [9.17, 15) is 0 Å². The van der Waals surface area contributed by atoms with Gasteiger partial charge in [0.1, 0.15) is 0 Å². The standard InChI is InChI=1S/C28H19ClN2/c29-21-14-13-17-7-1-2-8-18(17)28(21)31-24-12-6-4-10-20(24)27-25(31)16-15-23-26(27)19-9-3-5-11-22(19)30-23/h1-10,12-16,22,30H,11H2. The summed E-state index contributed by atoms with van der Waals surface area (Å²) in [5.41, 5.74) is 7.36. The fourth-order valence-electron chi connectivity index (χ4n) is 5.39. The molecule has 0 radical (unpaired) electrons. The maximum Gasteiger partial charge on any atom is 0.0726 e. The topological polar surface area (TPSA) is 17.0 Å². The van der Waals surface area contributed by atoms with Crippen molar-refractivity contribution in [1.82, 2.24) is 4.57 Å². The summed E-state index contributed by atoms with van der Waals surface area (Å²) < 4.78 is 2.35. The van der Waals surface area contributed by atoms with Crippen LogP contribution in [0.3, 0.4) is 0 Å². The molecule has 1 N–H and O–H groups in total. The van der Waals surface area contributed by atoms with Gasteiger partial charge in [0.05, 0.1) is 27.8 Å². The highest BCUT2D eigenvalue weighted by atomic mass is 35.5. The van der Waals surface area contributed by atoms with Crippen LogP contribution >= 0.6 is 11.6 Å². The summed E-state index contributed by atoms with van der Waals surface area (Å²) in [6.07, 6.45) is 7.71. The van der Waals surface area contributed by atoms with E-state index >= 15 is 0 Å². The normalized spacial score (nSPS) is 17.1. The molecule has 2 nitrogen and oxygen atoms in total. The fraction of sp³-hybridized carbons (Fsp3) is 0.0714. The van der Waals surface area contributed by atoms with Crippen molar-refractivity contribution in [1.29, 1.82) is 0 Å². The fourth-order valence-corrected chi connectivity index (χ4v) is 5.64. The molecule has 1 aliphatic heterocycles. The highest BCUT2D eigenvalue weighted by Gasteiger charge is 2.30. The largest absolute Gasteiger partial charge is 0.377 e. The monoisotopic (exact) mass is 418 g/mol. The first-order valence-corrected chi connectivity index (χ1v) is 11.1. The number of para-hydroxylation sites is 1. The van der Waals surface area contributed by atoms with Crippen molar-refractivity contribution >= 4 is 55.4 Å². The van der Waals surface area contributed by atoms with Gasteiger partial charge in [0.25, 0.3) is 0 Å².